The second-order valence-corrected chi connectivity index (χ2v) is 9.66. The number of carbonyl (C=O) groups is 1. The maximum Gasteiger partial charge on any atom is 0.407 e. The summed E-state index contributed by atoms with van der Waals surface area (Å²) >= 11 is 0. The van der Waals surface area contributed by atoms with Crippen molar-refractivity contribution < 1.29 is 9.53 Å². The Kier molecular flexibility index (Phi) is 6.52. The molecule has 2 aliphatic rings. The molecule has 5 rings (SSSR count). The molecule has 2 aliphatic carbocycles. The molecule has 0 aliphatic heterocycles. The lowest BCUT2D eigenvalue weighted by molar-refractivity contribution is 0.129. The van der Waals surface area contributed by atoms with Crippen molar-refractivity contribution in [3.05, 3.63) is 83.4 Å². The number of allylic oxidation sites excluding steroid dienone is 1. The van der Waals surface area contributed by atoms with Crippen LogP contribution in [0.3, 0.4) is 0 Å². The highest BCUT2D eigenvalue weighted by Crippen LogP contribution is 2.47. The maximum absolute atomic E-state index is 11.9. The highest BCUT2D eigenvalue weighted by molar-refractivity contribution is 5.67. The monoisotopic (exact) mass is 455 g/mol. The molecule has 0 saturated heterocycles. The molecule has 2 aromatic heterocycles. The lowest BCUT2D eigenvalue weighted by Crippen LogP contribution is -2.43. The highest BCUT2D eigenvalue weighted by atomic mass is 16.5. The number of fused-ring (bicyclic) bond motifs is 2. The average Bonchev–Trinajstić information content (AvgIpc) is 3.30. The van der Waals surface area contributed by atoms with E-state index in [1.807, 2.05) is 13.1 Å². The molecule has 0 bridgehead atoms. The summed E-state index contributed by atoms with van der Waals surface area (Å²) in [4.78, 5) is 20.0. The molecule has 34 heavy (non-hydrogen) atoms. The molecule has 0 unspecified atom stereocenters. The molecular weight excluding hydrogens is 422 g/mol. The Morgan fingerprint density at radius 2 is 2.12 bits per heavy atom. The molecule has 2 N–H and O–H groups in total. The third-order valence-corrected chi connectivity index (χ3v) is 7.42. The van der Waals surface area contributed by atoms with E-state index in [4.69, 9.17) is 9.72 Å². The van der Waals surface area contributed by atoms with Gasteiger partial charge in [0.15, 0.2) is 0 Å². The number of hydrogen-bond acceptors (Lipinski definition) is 3. The summed E-state index contributed by atoms with van der Waals surface area (Å²) in [5.41, 5.74) is 7.37. The molecule has 5 nitrogen and oxygen atoms in total. The van der Waals surface area contributed by atoms with Crippen LogP contribution < -0.4 is 5.32 Å². The van der Waals surface area contributed by atoms with Crippen LogP contribution in [-0.4, -0.2) is 28.7 Å². The molecule has 2 heterocycles. The molecule has 1 fully saturated rings. The molecule has 5 heteroatoms. The van der Waals surface area contributed by atoms with Gasteiger partial charge in [0.05, 0.1) is 12.3 Å². The quantitative estimate of drug-likeness (QED) is 0.476. The molecule has 4 atom stereocenters. The summed E-state index contributed by atoms with van der Waals surface area (Å²) < 4.78 is 5.10. The molecule has 1 saturated carbocycles. The number of aromatic amines is 1. The number of alkyl carbamates (subject to hydrolysis) is 1. The van der Waals surface area contributed by atoms with Gasteiger partial charge in [-0.2, -0.15) is 0 Å². The van der Waals surface area contributed by atoms with E-state index in [2.05, 4.69) is 78.2 Å². The number of pyridine rings is 1. The number of benzene rings is 1. The van der Waals surface area contributed by atoms with E-state index >= 15 is 0 Å². The van der Waals surface area contributed by atoms with Gasteiger partial charge in [-0.1, -0.05) is 42.0 Å². The number of nitrogens with one attached hydrogen (secondary N) is 2. The lowest BCUT2D eigenvalue weighted by Gasteiger charge is -2.43. The average molecular weight is 456 g/mol. The van der Waals surface area contributed by atoms with Crippen LogP contribution in [0.5, 0.6) is 0 Å². The predicted molar refractivity (Wildman–Crippen MR) is 135 cm³/mol. The van der Waals surface area contributed by atoms with Gasteiger partial charge < -0.3 is 15.0 Å². The zero-order valence-corrected chi connectivity index (χ0v) is 20.0. The minimum Gasteiger partial charge on any atom is -0.450 e. The second kappa shape index (κ2) is 9.88. The number of hydrogen-bond donors (Lipinski definition) is 2. The van der Waals surface area contributed by atoms with Crippen LogP contribution in [0.25, 0.3) is 17.2 Å². The zero-order valence-electron chi connectivity index (χ0n) is 20.0. The second-order valence-electron chi connectivity index (χ2n) is 9.66. The van der Waals surface area contributed by atoms with Gasteiger partial charge in [0.2, 0.25) is 0 Å². The molecular formula is C29H33N3O2. The van der Waals surface area contributed by atoms with Crippen LogP contribution >= 0.6 is 0 Å². The largest absolute Gasteiger partial charge is 0.450 e. The van der Waals surface area contributed by atoms with Crippen molar-refractivity contribution in [2.45, 2.75) is 51.5 Å². The molecule has 176 valence electrons. The van der Waals surface area contributed by atoms with E-state index in [-0.39, 0.29) is 12.1 Å². The maximum atomic E-state index is 11.9. The van der Waals surface area contributed by atoms with Crippen LogP contribution in [-0.2, 0) is 11.2 Å². The lowest BCUT2D eigenvalue weighted by atomic mass is 9.63. The van der Waals surface area contributed by atoms with Gasteiger partial charge >= 0.3 is 6.09 Å². The van der Waals surface area contributed by atoms with Gasteiger partial charge in [-0.25, -0.2) is 4.79 Å². The number of H-pyrrole nitrogens is 1. The minimum atomic E-state index is -0.291. The first-order chi connectivity index (χ1) is 16.6. The first-order valence-electron chi connectivity index (χ1n) is 12.4. The topological polar surface area (TPSA) is 67.0 Å². The third kappa shape index (κ3) is 4.79. The Morgan fingerprint density at radius 1 is 1.21 bits per heavy atom. The van der Waals surface area contributed by atoms with E-state index < -0.39 is 0 Å². The summed E-state index contributed by atoms with van der Waals surface area (Å²) in [6, 6.07) is 13.0. The van der Waals surface area contributed by atoms with Crippen molar-refractivity contribution in [1.29, 1.82) is 0 Å². The Balaban J connectivity index is 1.32. The van der Waals surface area contributed by atoms with E-state index in [0.717, 1.165) is 36.9 Å². The number of ether oxygens (including phenoxy) is 1. The minimum absolute atomic E-state index is 0.196. The Bertz CT molecular complexity index is 1160. The van der Waals surface area contributed by atoms with E-state index in [9.17, 15) is 4.79 Å². The molecule has 3 aromatic rings. The zero-order chi connectivity index (χ0) is 23.5. The number of aryl methyl sites for hydroxylation is 1. The van der Waals surface area contributed by atoms with Gasteiger partial charge in [-0.3, -0.25) is 4.98 Å². The Morgan fingerprint density at radius 3 is 2.91 bits per heavy atom. The first-order valence-corrected chi connectivity index (χ1v) is 12.4. The normalized spacial score (nSPS) is 23.8. The van der Waals surface area contributed by atoms with Crippen LogP contribution in [0.15, 0.2) is 61.1 Å². The number of carbonyl (C=O) groups excluding carboxylic acids is 1. The van der Waals surface area contributed by atoms with Crippen molar-refractivity contribution in [1.82, 2.24) is 15.3 Å². The number of nitrogens with zero attached hydrogens (tertiary/aromatic N) is 1. The third-order valence-electron chi connectivity index (χ3n) is 7.42. The smallest absolute Gasteiger partial charge is 0.407 e. The molecule has 1 aromatic carbocycles. The van der Waals surface area contributed by atoms with Crippen LogP contribution in [0.4, 0.5) is 4.79 Å². The van der Waals surface area contributed by atoms with E-state index in [1.54, 1.807) is 0 Å². The highest BCUT2D eigenvalue weighted by Gasteiger charge is 2.40. The van der Waals surface area contributed by atoms with Gasteiger partial charge in [0, 0.05) is 36.1 Å². The van der Waals surface area contributed by atoms with Crippen molar-refractivity contribution in [2.24, 2.45) is 11.8 Å². The van der Waals surface area contributed by atoms with E-state index in [0.29, 0.717) is 24.4 Å². The fourth-order valence-corrected chi connectivity index (χ4v) is 5.82. The summed E-state index contributed by atoms with van der Waals surface area (Å²) in [6.07, 6.45) is 14.7. The summed E-state index contributed by atoms with van der Waals surface area (Å²) in [5.74, 6) is 1.49. The molecule has 1 amide bonds. The first kappa shape index (κ1) is 22.5. The number of amides is 1. The van der Waals surface area contributed by atoms with Crippen LogP contribution in [0.2, 0.25) is 0 Å². The van der Waals surface area contributed by atoms with Gasteiger partial charge in [0.1, 0.15) is 0 Å². The van der Waals surface area contributed by atoms with Gasteiger partial charge in [-0.15, -0.1) is 0 Å². The summed E-state index contributed by atoms with van der Waals surface area (Å²) in [7, 11) is 0. The van der Waals surface area contributed by atoms with Gasteiger partial charge in [-0.05, 0) is 80.2 Å². The predicted octanol–water partition coefficient (Wildman–Crippen LogP) is 6.27. The molecule has 0 radical (unpaired) electrons. The van der Waals surface area contributed by atoms with Crippen molar-refractivity contribution in [3.63, 3.8) is 0 Å². The van der Waals surface area contributed by atoms with Crippen molar-refractivity contribution in [3.8, 4) is 11.1 Å². The Hall–Kier alpha value is -3.34. The standard InChI is InChI=1S/C29H33N3O2/c1-3-34-29(33)32-25-10-11-26-22(15-25)14-23-16-30-18-28(23)27(26)12-9-24-8-7-21(17-31-24)20-6-4-5-19(2)13-20/h4-9,12-13,16-18,22,25-27,30H,3,10-11,14-15H2,1-2H3,(H,32,33)/b12-9+/t22-,25-,26-,27+/m1/s1. The van der Waals surface area contributed by atoms with E-state index in [1.165, 1.54) is 22.3 Å². The fourth-order valence-electron chi connectivity index (χ4n) is 5.82. The number of aromatic nitrogens is 2. The fraction of sp³-hybridized carbons (Fsp3) is 0.379. The van der Waals surface area contributed by atoms with Gasteiger partial charge in [0.25, 0.3) is 0 Å². The SMILES string of the molecule is CCOC(=O)N[C@@H]1CC[C@@H]2[C@H](Cc3c[nH]cc3[C@H]2/C=C/c2ccc(-c3cccc(C)c3)cn2)C1. The number of rotatable bonds is 5. The summed E-state index contributed by atoms with van der Waals surface area (Å²) in [6.45, 7) is 4.36. The summed E-state index contributed by atoms with van der Waals surface area (Å²) in [5, 5.41) is 3.07. The van der Waals surface area contributed by atoms with Crippen molar-refractivity contribution >= 4 is 12.2 Å². The van der Waals surface area contributed by atoms with Crippen molar-refractivity contribution in [2.75, 3.05) is 6.61 Å². The van der Waals surface area contributed by atoms with Crippen LogP contribution in [0.1, 0.15) is 54.5 Å². The Labute approximate surface area is 201 Å². The molecule has 0 spiro atoms. The van der Waals surface area contributed by atoms with Crippen LogP contribution in [0, 0.1) is 18.8 Å².